The Bertz CT molecular complexity index is 208. The highest BCUT2D eigenvalue weighted by molar-refractivity contribution is 5.00. The maximum Gasteiger partial charge on any atom is 0.0831 e. The van der Waals surface area contributed by atoms with Gasteiger partial charge in [-0.1, -0.05) is 46.5 Å². The molecule has 0 aliphatic heterocycles. The largest absolute Gasteiger partial charge is 0.377 e. The minimum absolute atomic E-state index is 0.148. The number of hydrogen-bond acceptors (Lipinski definition) is 2. The number of nitrogens with one attached hydrogen (secondary N) is 1. The van der Waals surface area contributed by atoms with E-state index < -0.39 is 0 Å². The van der Waals surface area contributed by atoms with Gasteiger partial charge in [0.1, 0.15) is 0 Å². The minimum atomic E-state index is 0.148. The molecule has 108 valence electrons. The molecule has 0 spiro atoms. The minimum Gasteiger partial charge on any atom is -0.377 e. The number of rotatable bonds is 10. The van der Waals surface area contributed by atoms with Crippen LogP contribution in [0, 0.1) is 5.92 Å². The Hall–Kier alpha value is -0.0800. The molecule has 1 aliphatic rings. The molecule has 0 saturated heterocycles. The van der Waals surface area contributed by atoms with Gasteiger partial charge in [0, 0.05) is 13.2 Å². The molecule has 18 heavy (non-hydrogen) atoms. The van der Waals surface area contributed by atoms with Crippen LogP contribution in [-0.2, 0) is 4.74 Å². The molecule has 1 aliphatic carbocycles. The fourth-order valence-electron chi connectivity index (χ4n) is 3.27. The van der Waals surface area contributed by atoms with Crippen LogP contribution in [0.4, 0.5) is 0 Å². The maximum absolute atomic E-state index is 5.88. The lowest BCUT2D eigenvalue weighted by Gasteiger charge is -2.48. The van der Waals surface area contributed by atoms with Crippen LogP contribution >= 0.6 is 0 Å². The van der Waals surface area contributed by atoms with E-state index >= 15 is 0 Å². The van der Waals surface area contributed by atoms with E-state index in [1.165, 1.54) is 51.4 Å². The van der Waals surface area contributed by atoms with Crippen molar-refractivity contribution in [1.82, 2.24) is 5.32 Å². The Morgan fingerprint density at radius 3 is 2.33 bits per heavy atom. The van der Waals surface area contributed by atoms with Gasteiger partial charge in [-0.25, -0.2) is 0 Å². The van der Waals surface area contributed by atoms with E-state index in [2.05, 4.69) is 26.1 Å². The van der Waals surface area contributed by atoms with Crippen molar-refractivity contribution >= 4 is 0 Å². The van der Waals surface area contributed by atoms with E-state index in [1.807, 2.05) is 7.11 Å². The highest BCUT2D eigenvalue weighted by Crippen LogP contribution is 2.40. The highest BCUT2D eigenvalue weighted by atomic mass is 16.5. The van der Waals surface area contributed by atoms with E-state index in [0.29, 0.717) is 6.04 Å². The summed E-state index contributed by atoms with van der Waals surface area (Å²) in [4.78, 5) is 0. The van der Waals surface area contributed by atoms with Crippen LogP contribution in [0.1, 0.15) is 72.1 Å². The van der Waals surface area contributed by atoms with Crippen molar-refractivity contribution in [2.45, 2.75) is 83.8 Å². The molecule has 0 radical (unpaired) electrons. The number of methoxy groups -OCH3 is 1. The summed E-state index contributed by atoms with van der Waals surface area (Å²) in [7, 11) is 1.90. The highest BCUT2D eigenvalue weighted by Gasteiger charge is 2.44. The summed E-state index contributed by atoms with van der Waals surface area (Å²) in [5.41, 5.74) is 0.148. The van der Waals surface area contributed by atoms with Crippen LogP contribution in [0.5, 0.6) is 0 Å². The molecule has 0 bridgehead atoms. The smallest absolute Gasteiger partial charge is 0.0831 e. The summed E-state index contributed by atoms with van der Waals surface area (Å²) in [5, 5.41) is 3.69. The van der Waals surface area contributed by atoms with E-state index in [-0.39, 0.29) is 5.60 Å². The fourth-order valence-corrected chi connectivity index (χ4v) is 3.27. The Balaban J connectivity index is 2.54. The Morgan fingerprint density at radius 1 is 1.22 bits per heavy atom. The van der Waals surface area contributed by atoms with E-state index in [9.17, 15) is 0 Å². The molecule has 0 amide bonds. The molecule has 0 aromatic rings. The number of hydrogen-bond donors (Lipinski definition) is 1. The van der Waals surface area contributed by atoms with Crippen molar-refractivity contribution in [1.29, 1.82) is 0 Å². The molecule has 2 heteroatoms. The lowest BCUT2D eigenvalue weighted by atomic mass is 9.71. The van der Waals surface area contributed by atoms with Crippen molar-refractivity contribution in [3.8, 4) is 0 Å². The normalized spacial score (nSPS) is 21.3. The first kappa shape index (κ1) is 16.0. The van der Waals surface area contributed by atoms with Gasteiger partial charge >= 0.3 is 0 Å². The second-order valence-electron chi connectivity index (χ2n) is 5.88. The lowest BCUT2D eigenvalue weighted by Crippen LogP contribution is -2.57. The van der Waals surface area contributed by atoms with Gasteiger partial charge in [0.05, 0.1) is 5.60 Å². The summed E-state index contributed by atoms with van der Waals surface area (Å²) < 4.78 is 5.88. The first-order chi connectivity index (χ1) is 8.72. The molecule has 0 aromatic carbocycles. The number of likely N-dealkylation sites (N-methyl/N-ethyl adjacent to an activating group) is 1. The molecule has 1 fully saturated rings. The molecule has 1 rings (SSSR count). The molecule has 2 atom stereocenters. The molecule has 2 nitrogen and oxygen atoms in total. The fraction of sp³-hybridized carbons (Fsp3) is 1.00. The Kier molecular flexibility index (Phi) is 7.25. The standard InChI is InChI=1S/C16H33NO/c1-5-8-10-14(6-2)13-15(17-7-3)16(18-4)11-9-12-16/h14-15,17H,5-13H2,1-4H3. The Labute approximate surface area is 114 Å². The second kappa shape index (κ2) is 8.16. The van der Waals surface area contributed by atoms with E-state index in [0.717, 1.165) is 12.5 Å². The zero-order chi connectivity index (χ0) is 13.4. The first-order valence-corrected chi connectivity index (χ1v) is 8.00. The monoisotopic (exact) mass is 255 g/mol. The van der Waals surface area contributed by atoms with Crippen molar-refractivity contribution in [3.05, 3.63) is 0 Å². The van der Waals surface area contributed by atoms with Gasteiger partial charge in [0.15, 0.2) is 0 Å². The van der Waals surface area contributed by atoms with Crippen molar-refractivity contribution in [2.24, 2.45) is 5.92 Å². The van der Waals surface area contributed by atoms with Gasteiger partial charge in [-0.05, 0) is 38.1 Å². The Morgan fingerprint density at radius 2 is 1.94 bits per heavy atom. The quantitative estimate of drug-likeness (QED) is 0.633. The summed E-state index contributed by atoms with van der Waals surface area (Å²) in [5.74, 6) is 0.863. The lowest BCUT2D eigenvalue weighted by molar-refractivity contribution is -0.103. The number of unbranched alkanes of at least 4 members (excludes halogenated alkanes) is 1. The third-order valence-electron chi connectivity index (χ3n) is 4.80. The van der Waals surface area contributed by atoms with Gasteiger partial charge in [0.25, 0.3) is 0 Å². The average Bonchev–Trinajstić information content (AvgIpc) is 2.33. The predicted octanol–water partition coefficient (Wildman–Crippen LogP) is 4.14. The third-order valence-corrected chi connectivity index (χ3v) is 4.80. The SMILES string of the molecule is CCCCC(CC)CC(NCC)C1(OC)CCC1. The topological polar surface area (TPSA) is 21.3 Å². The zero-order valence-corrected chi connectivity index (χ0v) is 12.9. The van der Waals surface area contributed by atoms with Crippen LogP contribution in [0.2, 0.25) is 0 Å². The molecular weight excluding hydrogens is 222 g/mol. The van der Waals surface area contributed by atoms with Gasteiger partial charge in [0.2, 0.25) is 0 Å². The van der Waals surface area contributed by atoms with Crippen molar-refractivity contribution in [2.75, 3.05) is 13.7 Å². The van der Waals surface area contributed by atoms with Crippen molar-refractivity contribution in [3.63, 3.8) is 0 Å². The van der Waals surface area contributed by atoms with Crippen molar-refractivity contribution < 1.29 is 4.74 Å². The molecule has 0 aromatic heterocycles. The molecule has 2 unspecified atom stereocenters. The van der Waals surface area contributed by atoms with Crippen LogP contribution in [-0.4, -0.2) is 25.3 Å². The van der Waals surface area contributed by atoms with Crippen LogP contribution in [0.25, 0.3) is 0 Å². The van der Waals surface area contributed by atoms with E-state index in [1.54, 1.807) is 0 Å². The summed E-state index contributed by atoms with van der Waals surface area (Å²) in [6.45, 7) is 7.89. The second-order valence-corrected chi connectivity index (χ2v) is 5.88. The molecule has 1 N–H and O–H groups in total. The summed E-state index contributed by atoms with van der Waals surface area (Å²) in [6, 6.07) is 0.558. The van der Waals surface area contributed by atoms with Gasteiger partial charge < -0.3 is 10.1 Å². The third kappa shape index (κ3) is 3.96. The van der Waals surface area contributed by atoms with Crippen LogP contribution < -0.4 is 5.32 Å². The van der Waals surface area contributed by atoms with Crippen LogP contribution in [0.3, 0.4) is 0 Å². The maximum atomic E-state index is 5.88. The first-order valence-electron chi connectivity index (χ1n) is 8.00. The predicted molar refractivity (Wildman–Crippen MR) is 79.0 cm³/mol. The summed E-state index contributed by atoms with van der Waals surface area (Å²) >= 11 is 0. The zero-order valence-electron chi connectivity index (χ0n) is 12.9. The molecule has 1 saturated carbocycles. The van der Waals surface area contributed by atoms with Gasteiger partial charge in [-0.15, -0.1) is 0 Å². The summed E-state index contributed by atoms with van der Waals surface area (Å²) in [6.07, 6.45) is 10.5. The molecular formula is C16H33NO. The number of ether oxygens (including phenoxy) is 1. The van der Waals surface area contributed by atoms with Gasteiger partial charge in [-0.3, -0.25) is 0 Å². The van der Waals surface area contributed by atoms with E-state index in [4.69, 9.17) is 4.74 Å². The van der Waals surface area contributed by atoms with Gasteiger partial charge in [-0.2, -0.15) is 0 Å². The molecule has 0 heterocycles. The average molecular weight is 255 g/mol. The van der Waals surface area contributed by atoms with Crippen LogP contribution in [0.15, 0.2) is 0 Å².